The molecular weight excluding hydrogens is 925 g/mol. The van der Waals surface area contributed by atoms with Gasteiger partial charge >= 0.3 is 0 Å². The molecule has 0 atom stereocenters. The van der Waals surface area contributed by atoms with Crippen LogP contribution in [0, 0.1) is 0 Å². The molecule has 0 fully saturated rings. The third-order valence-electron chi connectivity index (χ3n) is 14.7. The fraction of sp³-hybridized carbons (Fsp3) is 0. The lowest BCUT2D eigenvalue weighted by atomic mass is 10.0. The van der Waals surface area contributed by atoms with Crippen molar-refractivity contribution in [3.63, 3.8) is 0 Å². The minimum Gasteiger partial charge on any atom is -0.455 e. The van der Waals surface area contributed by atoms with E-state index in [2.05, 4.69) is 277 Å². The lowest BCUT2D eigenvalue weighted by Gasteiger charge is -2.27. The Bertz CT molecular complexity index is 4090. The largest absolute Gasteiger partial charge is 0.455 e. The van der Waals surface area contributed by atoms with Gasteiger partial charge in [-0.05, 0) is 129 Å². The van der Waals surface area contributed by atoms with Gasteiger partial charge in [0.05, 0.1) is 0 Å². The van der Waals surface area contributed by atoms with E-state index in [1.54, 1.807) is 0 Å². The molecule has 0 aliphatic carbocycles. The molecule has 14 rings (SSSR count). The Morgan fingerprint density at radius 1 is 0.184 bits per heavy atom. The van der Waals surface area contributed by atoms with E-state index in [0.717, 1.165) is 111 Å². The number of rotatable bonds is 11. The Morgan fingerprint density at radius 2 is 0.434 bits per heavy atom. The molecule has 0 N–H and O–H groups in total. The molecule has 0 unspecified atom stereocenters. The number of para-hydroxylation sites is 4. The average molecular weight is 973 g/mol. The number of hydrogen-bond donors (Lipinski definition) is 0. The van der Waals surface area contributed by atoms with Gasteiger partial charge in [0.25, 0.3) is 0 Å². The first-order valence-corrected chi connectivity index (χ1v) is 25.8. The normalized spacial score (nSPS) is 11.4. The van der Waals surface area contributed by atoms with Crippen LogP contribution in [0.1, 0.15) is 0 Å². The SMILES string of the molecule is c1ccc(-c2ccc(N(c3ccc(-c4ccccc4)cc3)c3ccc(-c4ccc(N(c5ccc(-c6cccc7c6oc6ccccc67)cc5)c5ccc(-c6cccc7c6oc6ccccc67)cc5)cc4)cc3)cc2)cc1. The van der Waals surface area contributed by atoms with Crippen LogP contribution in [-0.4, -0.2) is 0 Å². The summed E-state index contributed by atoms with van der Waals surface area (Å²) < 4.78 is 12.9. The summed E-state index contributed by atoms with van der Waals surface area (Å²) in [7, 11) is 0. The Labute approximate surface area is 441 Å². The van der Waals surface area contributed by atoms with Gasteiger partial charge in [0, 0.05) is 66.8 Å². The van der Waals surface area contributed by atoms with Crippen LogP contribution in [0.4, 0.5) is 34.1 Å². The van der Waals surface area contributed by atoms with Crippen molar-refractivity contribution in [2.75, 3.05) is 9.80 Å². The molecule has 0 saturated heterocycles. The second-order valence-corrected chi connectivity index (χ2v) is 19.2. The Morgan fingerprint density at radius 3 is 0.750 bits per heavy atom. The minimum absolute atomic E-state index is 0.893. The topological polar surface area (TPSA) is 32.8 Å². The Balaban J connectivity index is 0.803. The zero-order chi connectivity index (χ0) is 50.4. The molecule has 358 valence electrons. The molecule has 0 amide bonds. The van der Waals surface area contributed by atoms with E-state index in [1.807, 2.05) is 24.3 Å². The van der Waals surface area contributed by atoms with Crippen molar-refractivity contribution in [3.8, 4) is 55.6 Å². The van der Waals surface area contributed by atoms with E-state index in [1.165, 1.54) is 22.3 Å². The van der Waals surface area contributed by atoms with Crippen LogP contribution in [0.15, 0.2) is 300 Å². The third kappa shape index (κ3) is 8.15. The zero-order valence-electron chi connectivity index (χ0n) is 41.4. The van der Waals surface area contributed by atoms with Crippen molar-refractivity contribution in [3.05, 3.63) is 291 Å². The van der Waals surface area contributed by atoms with E-state index in [4.69, 9.17) is 8.83 Å². The van der Waals surface area contributed by atoms with Gasteiger partial charge in [-0.3, -0.25) is 0 Å². The van der Waals surface area contributed by atoms with Crippen LogP contribution in [0.25, 0.3) is 99.5 Å². The summed E-state index contributed by atoms with van der Waals surface area (Å²) in [5.41, 5.74) is 21.3. The van der Waals surface area contributed by atoms with Gasteiger partial charge in [0.15, 0.2) is 0 Å². The number of anilines is 6. The van der Waals surface area contributed by atoms with E-state index in [9.17, 15) is 0 Å². The molecule has 0 radical (unpaired) electrons. The predicted octanol–water partition coefficient (Wildman–Crippen LogP) is 20.8. The van der Waals surface area contributed by atoms with Crippen LogP contribution in [0.5, 0.6) is 0 Å². The molecule has 0 aliphatic heterocycles. The van der Waals surface area contributed by atoms with Crippen LogP contribution < -0.4 is 9.80 Å². The summed E-state index contributed by atoms with van der Waals surface area (Å²) in [5, 5.41) is 4.48. The standard InChI is InChI=1S/C72H48N2O2/c1-3-13-49(14-4-1)51-25-37-57(38-26-51)73(58-39-27-52(28-40-58)50-15-5-2-6-16-50)59-41-29-53(30-42-59)54-31-43-60(44-32-54)74(61-45-33-55(34-46-61)63-19-11-21-67-65-17-7-9-23-69(65)75-71(63)67)62-47-35-56(36-48-62)64-20-12-22-68-66-18-8-10-24-70(66)76-72(64)68/h1-48H. The fourth-order valence-electron chi connectivity index (χ4n) is 10.9. The van der Waals surface area contributed by atoms with E-state index < -0.39 is 0 Å². The fourth-order valence-corrected chi connectivity index (χ4v) is 10.9. The van der Waals surface area contributed by atoms with Crippen LogP contribution in [-0.2, 0) is 0 Å². The van der Waals surface area contributed by atoms with Crippen molar-refractivity contribution in [2.45, 2.75) is 0 Å². The lowest BCUT2D eigenvalue weighted by molar-refractivity contribution is 0.669. The molecule has 4 nitrogen and oxygen atoms in total. The average Bonchev–Trinajstić information content (AvgIpc) is 4.10. The second kappa shape index (κ2) is 19.0. The van der Waals surface area contributed by atoms with E-state index >= 15 is 0 Å². The van der Waals surface area contributed by atoms with Crippen molar-refractivity contribution in [1.29, 1.82) is 0 Å². The van der Waals surface area contributed by atoms with Crippen molar-refractivity contribution >= 4 is 78.0 Å². The first-order valence-electron chi connectivity index (χ1n) is 25.8. The van der Waals surface area contributed by atoms with Crippen LogP contribution in [0.2, 0.25) is 0 Å². The molecule has 14 aromatic rings. The Hall–Kier alpha value is -10.2. The van der Waals surface area contributed by atoms with Gasteiger partial charge < -0.3 is 18.6 Å². The number of fused-ring (bicyclic) bond motifs is 6. The maximum absolute atomic E-state index is 6.47. The van der Waals surface area contributed by atoms with Gasteiger partial charge in [0.2, 0.25) is 0 Å². The number of benzene rings is 12. The number of hydrogen-bond acceptors (Lipinski definition) is 4. The van der Waals surface area contributed by atoms with E-state index in [-0.39, 0.29) is 0 Å². The second-order valence-electron chi connectivity index (χ2n) is 19.2. The molecule has 0 aliphatic rings. The minimum atomic E-state index is 0.893. The number of nitrogens with zero attached hydrogens (tertiary/aromatic N) is 2. The van der Waals surface area contributed by atoms with Crippen LogP contribution in [0.3, 0.4) is 0 Å². The molecule has 0 bridgehead atoms. The molecule has 12 aromatic carbocycles. The van der Waals surface area contributed by atoms with Crippen molar-refractivity contribution < 1.29 is 8.83 Å². The maximum atomic E-state index is 6.47. The summed E-state index contributed by atoms with van der Waals surface area (Å²) in [6.45, 7) is 0. The monoisotopic (exact) mass is 972 g/mol. The lowest BCUT2D eigenvalue weighted by Crippen LogP contribution is -2.10. The first-order chi connectivity index (χ1) is 37.7. The molecule has 2 aromatic heterocycles. The zero-order valence-corrected chi connectivity index (χ0v) is 41.4. The molecule has 4 heteroatoms. The highest BCUT2D eigenvalue weighted by atomic mass is 16.3. The smallest absolute Gasteiger partial charge is 0.143 e. The molecular formula is C72H48N2O2. The highest BCUT2D eigenvalue weighted by Crippen LogP contribution is 2.43. The summed E-state index contributed by atoms with van der Waals surface area (Å²) >= 11 is 0. The molecule has 0 spiro atoms. The van der Waals surface area contributed by atoms with Gasteiger partial charge in [-0.1, -0.05) is 206 Å². The Kier molecular flexibility index (Phi) is 11.2. The van der Waals surface area contributed by atoms with Crippen molar-refractivity contribution in [2.24, 2.45) is 0 Å². The van der Waals surface area contributed by atoms with Gasteiger partial charge in [-0.2, -0.15) is 0 Å². The quantitative estimate of drug-likeness (QED) is 0.129. The van der Waals surface area contributed by atoms with Crippen LogP contribution >= 0.6 is 0 Å². The predicted molar refractivity (Wildman–Crippen MR) is 318 cm³/mol. The summed E-state index contributed by atoms with van der Waals surface area (Å²) in [4.78, 5) is 4.66. The van der Waals surface area contributed by atoms with Crippen molar-refractivity contribution in [1.82, 2.24) is 0 Å². The van der Waals surface area contributed by atoms with Gasteiger partial charge in [-0.15, -0.1) is 0 Å². The summed E-state index contributed by atoms with van der Waals surface area (Å²) in [6, 6.07) is 104. The number of furan rings is 2. The third-order valence-corrected chi connectivity index (χ3v) is 14.7. The molecule has 2 heterocycles. The summed E-state index contributed by atoms with van der Waals surface area (Å²) in [5.74, 6) is 0. The molecule has 76 heavy (non-hydrogen) atoms. The summed E-state index contributed by atoms with van der Waals surface area (Å²) in [6.07, 6.45) is 0. The maximum Gasteiger partial charge on any atom is 0.143 e. The van der Waals surface area contributed by atoms with E-state index in [0.29, 0.717) is 0 Å². The first kappa shape index (κ1) is 44.5. The molecule has 0 saturated carbocycles. The highest BCUT2D eigenvalue weighted by Gasteiger charge is 2.19. The highest BCUT2D eigenvalue weighted by molar-refractivity contribution is 6.10. The van der Waals surface area contributed by atoms with Gasteiger partial charge in [0.1, 0.15) is 22.3 Å². The van der Waals surface area contributed by atoms with Gasteiger partial charge in [-0.25, -0.2) is 0 Å².